The molecule has 0 bridgehead atoms. The van der Waals surface area contributed by atoms with Gasteiger partial charge in [-0.15, -0.1) is 0 Å². The van der Waals surface area contributed by atoms with E-state index < -0.39 is 0 Å². The van der Waals surface area contributed by atoms with Gasteiger partial charge in [-0.1, -0.05) is 13.0 Å². The highest BCUT2D eigenvalue weighted by atomic mass is 15.2. The van der Waals surface area contributed by atoms with Crippen LogP contribution in [0.4, 0.5) is 0 Å². The van der Waals surface area contributed by atoms with Crippen LogP contribution in [0.2, 0.25) is 0 Å². The highest BCUT2D eigenvalue weighted by molar-refractivity contribution is 5.26. The summed E-state index contributed by atoms with van der Waals surface area (Å²) < 4.78 is 1.86. The van der Waals surface area contributed by atoms with Crippen molar-refractivity contribution in [1.82, 2.24) is 20.1 Å². The number of nitrogens with one attached hydrogen (secondary N) is 1. The van der Waals surface area contributed by atoms with Crippen LogP contribution in [0.25, 0.3) is 0 Å². The Morgan fingerprint density at radius 2 is 2.10 bits per heavy atom. The Morgan fingerprint density at radius 1 is 1.29 bits per heavy atom. The molecule has 0 spiro atoms. The maximum Gasteiger partial charge on any atom is 0.0602 e. The van der Waals surface area contributed by atoms with E-state index >= 15 is 0 Å². The van der Waals surface area contributed by atoms with Gasteiger partial charge in [0.1, 0.15) is 0 Å². The van der Waals surface area contributed by atoms with Crippen LogP contribution in [0.3, 0.4) is 0 Å². The molecule has 1 N–H and O–H groups in total. The van der Waals surface area contributed by atoms with Gasteiger partial charge in [0.25, 0.3) is 0 Å². The Kier molecular flexibility index (Phi) is 5.51. The van der Waals surface area contributed by atoms with Crippen LogP contribution in [0.1, 0.15) is 48.2 Å². The number of aromatic nitrogens is 3. The Balaban J connectivity index is 2.09. The molecule has 0 aliphatic carbocycles. The molecule has 1 atom stereocenters. The minimum atomic E-state index is 0.311. The molecule has 2 rings (SSSR count). The zero-order valence-corrected chi connectivity index (χ0v) is 13.6. The molecule has 0 saturated heterocycles. The van der Waals surface area contributed by atoms with Crippen LogP contribution in [0.5, 0.6) is 0 Å². The van der Waals surface area contributed by atoms with Gasteiger partial charge in [-0.2, -0.15) is 5.10 Å². The number of nitrogens with zero attached hydrogens (tertiary/aromatic N) is 3. The highest BCUT2D eigenvalue weighted by Crippen LogP contribution is 2.21. The van der Waals surface area contributed by atoms with Gasteiger partial charge in [0.2, 0.25) is 0 Å². The van der Waals surface area contributed by atoms with E-state index in [0.717, 1.165) is 25.8 Å². The van der Waals surface area contributed by atoms with E-state index in [4.69, 9.17) is 0 Å². The molecule has 4 heteroatoms. The highest BCUT2D eigenvalue weighted by Gasteiger charge is 2.15. The topological polar surface area (TPSA) is 42.7 Å². The van der Waals surface area contributed by atoms with E-state index in [0.29, 0.717) is 6.04 Å². The number of aryl methyl sites for hydroxylation is 4. The van der Waals surface area contributed by atoms with Crippen LogP contribution < -0.4 is 5.32 Å². The van der Waals surface area contributed by atoms with E-state index in [1.165, 1.54) is 22.4 Å². The van der Waals surface area contributed by atoms with Crippen LogP contribution in [-0.2, 0) is 13.5 Å². The monoisotopic (exact) mass is 286 g/mol. The fourth-order valence-corrected chi connectivity index (χ4v) is 2.66. The maximum absolute atomic E-state index is 4.67. The number of hydrogen-bond donors (Lipinski definition) is 1. The molecule has 2 aromatic heterocycles. The predicted molar refractivity (Wildman–Crippen MR) is 86.3 cm³/mol. The lowest BCUT2D eigenvalue weighted by Crippen LogP contribution is -2.24. The minimum Gasteiger partial charge on any atom is -0.309 e. The summed E-state index contributed by atoms with van der Waals surface area (Å²) in [7, 11) is 1.96. The molecular formula is C17H26N4. The first-order valence-corrected chi connectivity index (χ1v) is 7.74. The molecule has 4 nitrogen and oxygen atoms in total. The summed E-state index contributed by atoms with van der Waals surface area (Å²) in [6.45, 7) is 7.46. The van der Waals surface area contributed by atoms with E-state index in [9.17, 15) is 0 Å². The predicted octanol–water partition coefficient (Wildman–Crippen LogP) is 3.11. The van der Waals surface area contributed by atoms with Gasteiger partial charge in [0, 0.05) is 19.4 Å². The summed E-state index contributed by atoms with van der Waals surface area (Å²) in [6, 6.07) is 2.53. The zero-order valence-electron chi connectivity index (χ0n) is 13.6. The molecule has 0 radical (unpaired) electrons. The SMILES string of the molecule is CCCNC(CCc1cnn(C)c1)c1ncc(C)cc1C. The molecule has 0 aliphatic heterocycles. The first-order valence-electron chi connectivity index (χ1n) is 7.74. The van der Waals surface area contributed by atoms with E-state index in [-0.39, 0.29) is 0 Å². The average molecular weight is 286 g/mol. The lowest BCUT2D eigenvalue weighted by atomic mass is 10.0. The maximum atomic E-state index is 4.67. The van der Waals surface area contributed by atoms with Crippen LogP contribution in [0, 0.1) is 13.8 Å². The summed E-state index contributed by atoms with van der Waals surface area (Å²) in [5.74, 6) is 0. The summed E-state index contributed by atoms with van der Waals surface area (Å²) in [4.78, 5) is 4.67. The minimum absolute atomic E-state index is 0.311. The third kappa shape index (κ3) is 4.39. The van der Waals surface area contributed by atoms with Gasteiger partial charge in [0.15, 0.2) is 0 Å². The number of hydrogen-bond acceptors (Lipinski definition) is 3. The molecule has 0 aliphatic rings. The Bertz CT molecular complexity index is 574. The smallest absolute Gasteiger partial charge is 0.0602 e. The summed E-state index contributed by atoms with van der Waals surface area (Å²) in [5, 5.41) is 7.87. The second-order valence-electron chi connectivity index (χ2n) is 5.78. The molecule has 0 saturated carbocycles. The lowest BCUT2D eigenvalue weighted by molar-refractivity contribution is 0.486. The Morgan fingerprint density at radius 3 is 2.71 bits per heavy atom. The summed E-state index contributed by atoms with van der Waals surface area (Å²) in [6.07, 6.45) is 9.20. The second-order valence-corrected chi connectivity index (χ2v) is 5.78. The molecule has 0 fully saturated rings. The van der Waals surface area contributed by atoms with Gasteiger partial charge in [-0.25, -0.2) is 0 Å². The van der Waals surface area contributed by atoms with Crippen molar-refractivity contribution in [3.8, 4) is 0 Å². The van der Waals surface area contributed by atoms with Crippen molar-refractivity contribution in [3.63, 3.8) is 0 Å². The van der Waals surface area contributed by atoms with E-state index in [1.807, 2.05) is 24.1 Å². The van der Waals surface area contributed by atoms with Crippen molar-refractivity contribution in [1.29, 1.82) is 0 Å². The van der Waals surface area contributed by atoms with E-state index in [1.54, 1.807) is 0 Å². The van der Waals surface area contributed by atoms with Gasteiger partial charge in [0.05, 0.1) is 17.9 Å². The fourth-order valence-electron chi connectivity index (χ4n) is 2.66. The van der Waals surface area contributed by atoms with Crippen molar-refractivity contribution in [2.75, 3.05) is 6.54 Å². The van der Waals surface area contributed by atoms with Crippen molar-refractivity contribution in [2.45, 2.75) is 46.1 Å². The number of rotatable bonds is 7. The van der Waals surface area contributed by atoms with Crippen LogP contribution in [-0.4, -0.2) is 21.3 Å². The Labute approximate surface area is 127 Å². The van der Waals surface area contributed by atoms with Gasteiger partial charge in [-0.3, -0.25) is 9.67 Å². The molecule has 2 aromatic rings. The molecule has 1 unspecified atom stereocenters. The first-order chi connectivity index (χ1) is 10.1. The zero-order chi connectivity index (χ0) is 15.2. The summed E-state index contributed by atoms with van der Waals surface area (Å²) in [5.41, 5.74) is 4.95. The normalized spacial score (nSPS) is 12.6. The van der Waals surface area contributed by atoms with Crippen LogP contribution in [0.15, 0.2) is 24.7 Å². The third-order valence-electron chi connectivity index (χ3n) is 3.71. The molecule has 0 aromatic carbocycles. The molecule has 0 amide bonds. The molecule has 21 heavy (non-hydrogen) atoms. The summed E-state index contributed by atoms with van der Waals surface area (Å²) >= 11 is 0. The third-order valence-corrected chi connectivity index (χ3v) is 3.71. The van der Waals surface area contributed by atoms with Gasteiger partial charge < -0.3 is 5.32 Å². The van der Waals surface area contributed by atoms with E-state index in [2.05, 4.69) is 48.4 Å². The standard InChI is InChI=1S/C17H26N4/c1-5-8-18-16(7-6-15-11-20-21(4)12-15)17-14(3)9-13(2)10-19-17/h9-12,16,18H,5-8H2,1-4H3. The molecule has 2 heterocycles. The molecule has 114 valence electrons. The van der Waals surface area contributed by atoms with Crippen LogP contribution >= 0.6 is 0 Å². The largest absolute Gasteiger partial charge is 0.309 e. The first kappa shape index (κ1) is 15.7. The quantitative estimate of drug-likeness (QED) is 0.850. The van der Waals surface area contributed by atoms with Crippen molar-refractivity contribution in [2.24, 2.45) is 7.05 Å². The Hall–Kier alpha value is -1.68. The van der Waals surface area contributed by atoms with Crippen molar-refractivity contribution in [3.05, 3.63) is 47.0 Å². The average Bonchev–Trinajstić information content (AvgIpc) is 2.86. The molecular weight excluding hydrogens is 260 g/mol. The van der Waals surface area contributed by atoms with Crippen molar-refractivity contribution < 1.29 is 0 Å². The van der Waals surface area contributed by atoms with Gasteiger partial charge >= 0.3 is 0 Å². The lowest BCUT2D eigenvalue weighted by Gasteiger charge is -2.20. The van der Waals surface area contributed by atoms with Gasteiger partial charge in [-0.05, 0) is 56.3 Å². The second kappa shape index (κ2) is 7.36. The van der Waals surface area contributed by atoms with Crippen molar-refractivity contribution >= 4 is 0 Å². The fraction of sp³-hybridized carbons (Fsp3) is 0.529. The number of pyridine rings is 1.